The van der Waals surface area contributed by atoms with E-state index in [4.69, 9.17) is 14.7 Å². The lowest BCUT2D eigenvalue weighted by Crippen LogP contribution is -2.54. The van der Waals surface area contributed by atoms with E-state index < -0.39 is 11.7 Å². The van der Waals surface area contributed by atoms with E-state index >= 15 is 0 Å². The van der Waals surface area contributed by atoms with Gasteiger partial charge in [0.25, 0.3) is 0 Å². The molecule has 5 rings (SSSR count). The second-order valence-corrected chi connectivity index (χ2v) is 8.69. The average Bonchev–Trinajstić information content (AvgIpc) is 3.30. The number of nitrogens with zero attached hydrogens (tertiary/aromatic N) is 5. The number of piperidine rings is 1. The standard InChI is InChI=1S/C25H28N6O2/c1-16-8-10-26-13-19(16)21-12-22(30-29-21)25(33-3)9-11-31(14-23(25)32)15-24-27-17(2)18-6-4-5-7-20(18)28-24/h4-8,10,12-13,23,32H,9,11,14-15H2,1-3H3,(H,29,30)/t23-,25+/m1/s1. The molecule has 4 aromatic rings. The number of aliphatic hydroxyl groups is 1. The summed E-state index contributed by atoms with van der Waals surface area (Å²) in [5.74, 6) is 0.763. The molecule has 1 saturated heterocycles. The summed E-state index contributed by atoms with van der Waals surface area (Å²) in [7, 11) is 1.64. The van der Waals surface area contributed by atoms with Crippen LogP contribution in [0.25, 0.3) is 22.2 Å². The Morgan fingerprint density at radius 2 is 2.06 bits per heavy atom. The minimum absolute atomic E-state index is 0.448. The molecule has 2 N–H and O–H groups in total. The van der Waals surface area contributed by atoms with Crippen LogP contribution in [0, 0.1) is 13.8 Å². The molecule has 0 spiro atoms. The Balaban J connectivity index is 1.35. The number of methoxy groups -OCH3 is 1. The Bertz CT molecular complexity index is 1290. The molecule has 0 amide bonds. The topological polar surface area (TPSA) is 100 Å². The number of nitrogens with one attached hydrogen (secondary N) is 1. The van der Waals surface area contributed by atoms with Crippen LogP contribution in [-0.2, 0) is 16.9 Å². The van der Waals surface area contributed by atoms with Crippen molar-refractivity contribution in [3.8, 4) is 11.3 Å². The monoisotopic (exact) mass is 444 g/mol. The third kappa shape index (κ3) is 3.90. The van der Waals surface area contributed by atoms with E-state index in [1.165, 1.54) is 0 Å². The van der Waals surface area contributed by atoms with Gasteiger partial charge in [-0.3, -0.25) is 15.0 Å². The quantitative estimate of drug-likeness (QED) is 0.488. The average molecular weight is 445 g/mol. The van der Waals surface area contributed by atoms with E-state index in [-0.39, 0.29) is 0 Å². The predicted molar refractivity (Wildman–Crippen MR) is 125 cm³/mol. The number of benzene rings is 1. The summed E-state index contributed by atoms with van der Waals surface area (Å²) >= 11 is 0. The lowest BCUT2D eigenvalue weighted by atomic mass is 9.84. The van der Waals surface area contributed by atoms with Crippen LogP contribution in [0.2, 0.25) is 0 Å². The highest BCUT2D eigenvalue weighted by molar-refractivity contribution is 5.80. The van der Waals surface area contributed by atoms with Gasteiger partial charge in [-0.15, -0.1) is 0 Å². The number of ether oxygens (including phenoxy) is 1. The molecule has 0 bridgehead atoms. The van der Waals surface area contributed by atoms with E-state index in [0.717, 1.165) is 51.5 Å². The van der Waals surface area contributed by atoms with Gasteiger partial charge >= 0.3 is 0 Å². The van der Waals surface area contributed by atoms with Gasteiger partial charge in [-0.25, -0.2) is 9.97 Å². The van der Waals surface area contributed by atoms with Crippen LogP contribution in [0.4, 0.5) is 0 Å². The van der Waals surface area contributed by atoms with Gasteiger partial charge in [-0.2, -0.15) is 5.10 Å². The molecule has 1 aliphatic rings. The fourth-order valence-corrected chi connectivity index (χ4v) is 4.75. The van der Waals surface area contributed by atoms with Gasteiger partial charge in [-0.1, -0.05) is 18.2 Å². The normalized spacial score (nSPS) is 21.5. The van der Waals surface area contributed by atoms with Crippen molar-refractivity contribution in [2.24, 2.45) is 0 Å². The summed E-state index contributed by atoms with van der Waals surface area (Å²) in [6.45, 7) is 5.80. The van der Waals surface area contributed by atoms with E-state index in [1.54, 1.807) is 19.5 Å². The second-order valence-electron chi connectivity index (χ2n) is 8.69. The van der Waals surface area contributed by atoms with Crippen molar-refractivity contribution in [3.63, 3.8) is 0 Å². The number of likely N-dealkylation sites (tertiary alicyclic amines) is 1. The first-order valence-corrected chi connectivity index (χ1v) is 11.1. The second kappa shape index (κ2) is 8.62. The lowest BCUT2D eigenvalue weighted by molar-refractivity contribution is -0.150. The Kier molecular flexibility index (Phi) is 5.65. The maximum atomic E-state index is 11.2. The number of H-pyrrole nitrogens is 1. The number of β-amino-alcohol motifs (C(OH)–C–C–N with tert-alkyl or cyclic N) is 1. The lowest BCUT2D eigenvalue weighted by Gasteiger charge is -2.43. The molecule has 4 heterocycles. The summed E-state index contributed by atoms with van der Waals surface area (Å²) in [4.78, 5) is 15.8. The summed E-state index contributed by atoms with van der Waals surface area (Å²) in [5, 5.41) is 19.9. The molecule has 33 heavy (non-hydrogen) atoms. The van der Waals surface area contributed by atoms with Crippen LogP contribution in [0.1, 0.15) is 29.2 Å². The van der Waals surface area contributed by atoms with Crippen LogP contribution in [0.3, 0.4) is 0 Å². The number of pyridine rings is 1. The molecule has 1 aliphatic heterocycles. The molecule has 0 unspecified atom stereocenters. The van der Waals surface area contributed by atoms with Crippen molar-refractivity contribution in [3.05, 3.63) is 71.6 Å². The van der Waals surface area contributed by atoms with Crippen LogP contribution in [-0.4, -0.2) is 61.5 Å². The van der Waals surface area contributed by atoms with Crippen LogP contribution >= 0.6 is 0 Å². The molecule has 0 aliphatic carbocycles. The van der Waals surface area contributed by atoms with Gasteiger partial charge in [0.15, 0.2) is 0 Å². The molecule has 8 heteroatoms. The molecular weight excluding hydrogens is 416 g/mol. The van der Waals surface area contributed by atoms with Crippen molar-refractivity contribution in [2.45, 2.75) is 38.5 Å². The number of aryl methyl sites for hydroxylation is 2. The summed E-state index contributed by atoms with van der Waals surface area (Å²) in [6.07, 6.45) is 3.45. The highest BCUT2D eigenvalue weighted by atomic mass is 16.5. The van der Waals surface area contributed by atoms with Crippen LogP contribution < -0.4 is 0 Å². The smallest absolute Gasteiger partial charge is 0.143 e. The Morgan fingerprint density at radius 1 is 1.21 bits per heavy atom. The minimum atomic E-state index is -0.849. The maximum Gasteiger partial charge on any atom is 0.143 e. The van der Waals surface area contributed by atoms with Crippen molar-refractivity contribution >= 4 is 10.9 Å². The number of hydrogen-bond acceptors (Lipinski definition) is 7. The summed E-state index contributed by atoms with van der Waals surface area (Å²) in [6, 6.07) is 12.0. The van der Waals surface area contributed by atoms with Gasteiger partial charge in [0.05, 0.1) is 23.4 Å². The van der Waals surface area contributed by atoms with Gasteiger partial charge in [0.1, 0.15) is 17.5 Å². The number of aromatic nitrogens is 5. The molecule has 1 aromatic carbocycles. The molecule has 2 atom stereocenters. The van der Waals surface area contributed by atoms with E-state index in [2.05, 4.69) is 20.1 Å². The molecule has 8 nitrogen and oxygen atoms in total. The number of rotatable bonds is 5. The molecular formula is C25H28N6O2. The molecule has 0 radical (unpaired) electrons. The van der Waals surface area contributed by atoms with Crippen molar-refractivity contribution < 1.29 is 9.84 Å². The zero-order chi connectivity index (χ0) is 23.0. The predicted octanol–water partition coefficient (Wildman–Crippen LogP) is 3.14. The Hall–Kier alpha value is -3.20. The fraction of sp³-hybridized carbons (Fsp3) is 0.360. The molecule has 170 valence electrons. The van der Waals surface area contributed by atoms with E-state index in [9.17, 15) is 5.11 Å². The largest absolute Gasteiger partial charge is 0.388 e. The summed E-state index contributed by atoms with van der Waals surface area (Å²) < 4.78 is 5.94. The van der Waals surface area contributed by atoms with Gasteiger partial charge in [0.2, 0.25) is 0 Å². The molecule has 0 saturated carbocycles. The maximum absolute atomic E-state index is 11.2. The van der Waals surface area contributed by atoms with Crippen LogP contribution in [0.15, 0.2) is 48.8 Å². The van der Waals surface area contributed by atoms with Crippen molar-refractivity contribution in [1.82, 2.24) is 30.0 Å². The van der Waals surface area contributed by atoms with Gasteiger partial charge in [0, 0.05) is 49.2 Å². The Labute approximate surface area is 192 Å². The van der Waals surface area contributed by atoms with E-state index in [1.807, 2.05) is 50.2 Å². The minimum Gasteiger partial charge on any atom is -0.388 e. The number of aromatic amines is 1. The first-order valence-electron chi connectivity index (χ1n) is 11.1. The number of fused-ring (bicyclic) bond motifs is 1. The molecule has 1 fully saturated rings. The fourth-order valence-electron chi connectivity index (χ4n) is 4.75. The van der Waals surface area contributed by atoms with Gasteiger partial charge < -0.3 is 9.84 Å². The number of hydrogen-bond donors (Lipinski definition) is 2. The highest BCUT2D eigenvalue weighted by Gasteiger charge is 2.45. The van der Waals surface area contributed by atoms with Crippen LogP contribution in [0.5, 0.6) is 0 Å². The van der Waals surface area contributed by atoms with Crippen molar-refractivity contribution in [2.75, 3.05) is 20.2 Å². The third-order valence-electron chi connectivity index (χ3n) is 6.69. The zero-order valence-corrected chi connectivity index (χ0v) is 19.1. The SMILES string of the molecule is CO[C@]1(c2cc(-c3cnccc3C)n[nH]2)CCN(Cc2nc(C)c3ccccc3n2)C[C@H]1O. The number of aliphatic hydroxyl groups excluding tert-OH is 1. The highest BCUT2D eigenvalue weighted by Crippen LogP contribution is 2.37. The molecule has 3 aromatic heterocycles. The number of para-hydroxylation sites is 1. The third-order valence-corrected chi connectivity index (χ3v) is 6.69. The first kappa shape index (κ1) is 21.6. The zero-order valence-electron chi connectivity index (χ0n) is 19.1. The first-order chi connectivity index (χ1) is 16.0. The van der Waals surface area contributed by atoms with Crippen molar-refractivity contribution in [1.29, 1.82) is 0 Å². The summed E-state index contributed by atoms with van der Waals surface area (Å²) in [5.41, 5.74) is 4.68. The Morgan fingerprint density at radius 3 is 2.85 bits per heavy atom. The van der Waals surface area contributed by atoms with E-state index in [0.29, 0.717) is 19.5 Å². The van der Waals surface area contributed by atoms with Gasteiger partial charge in [-0.05, 0) is 44.0 Å².